The number of hydrogen-bond donors (Lipinski definition) is 1. The van der Waals surface area contributed by atoms with Crippen molar-refractivity contribution in [3.63, 3.8) is 0 Å². The zero-order valence-corrected chi connectivity index (χ0v) is 13.0. The molecule has 0 aliphatic carbocycles. The van der Waals surface area contributed by atoms with E-state index in [-0.39, 0.29) is 0 Å². The zero-order chi connectivity index (χ0) is 14.3. The lowest BCUT2D eigenvalue weighted by Gasteiger charge is -2.29. The highest BCUT2D eigenvalue weighted by Crippen LogP contribution is 2.20. The summed E-state index contributed by atoms with van der Waals surface area (Å²) in [5, 5.41) is 3.58. The largest absolute Gasteiger partial charge is 0.381 e. The molecular formula is C18H28N2O. The number of rotatable bonds is 5. The normalized spacial score (nSPS) is 23.2. The molecule has 2 aliphatic rings. The van der Waals surface area contributed by atoms with Gasteiger partial charge >= 0.3 is 0 Å². The van der Waals surface area contributed by atoms with E-state index in [0.717, 1.165) is 26.3 Å². The predicted molar refractivity (Wildman–Crippen MR) is 87.8 cm³/mol. The Morgan fingerprint density at radius 3 is 2.57 bits per heavy atom. The second kappa shape index (κ2) is 7.81. The third-order valence-electron chi connectivity index (χ3n) is 4.67. The Morgan fingerprint density at radius 1 is 1.05 bits per heavy atom. The van der Waals surface area contributed by atoms with Gasteiger partial charge in [-0.1, -0.05) is 12.1 Å². The monoisotopic (exact) mass is 288 g/mol. The van der Waals surface area contributed by atoms with Crippen LogP contribution in [0.4, 0.5) is 5.69 Å². The van der Waals surface area contributed by atoms with E-state index in [4.69, 9.17) is 4.74 Å². The molecule has 3 rings (SSSR count). The van der Waals surface area contributed by atoms with Gasteiger partial charge in [0.15, 0.2) is 0 Å². The van der Waals surface area contributed by atoms with Crippen LogP contribution in [0.2, 0.25) is 0 Å². The smallest absolute Gasteiger partial charge is 0.0506 e. The molecule has 3 nitrogen and oxygen atoms in total. The third-order valence-corrected chi connectivity index (χ3v) is 4.67. The number of benzene rings is 1. The fourth-order valence-corrected chi connectivity index (χ4v) is 3.37. The molecule has 0 saturated carbocycles. The first-order chi connectivity index (χ1) is 10.4. The standard InChI is InChI=1S/C18H28N2O/c1-2-10-20(11-3-1)18-8-6-16(7-9-18)13-19-14-17-5-4-12-21-15-17/h6-9,17,19H,1-5,10-15H2. The maximum Gasteiger partial charge on any atom is 0.0506 e. The summed E-state index contributed by atoms with van der Waals surface area (Å²) in [7, 11) is 0. The van der Waals surface area contributed by atoms with Crippen molar-refractivity contribution in [3.8, 4) is 0 Å². The topological polar surface area (TPSA) is 24.5 Å². The average Bonchev–Trinajstić information content (AvgIpc) is 2.57. The van der Waals surface area contributed by atoms with E-state index in [2.05, 4.69) is 34.5 Å². The number of nitrogens with zero attached hydrogens (tertiary/aromatic N) is 1. The number of nitrogens with one attached hydrogen (secondary N) is 1. The van der Waals surface area contributed by atoms with Crippen molar-refractivity contribution >= 4 is 5.69 Å². The fourth-order valence-electron chi connectivity index (χ4n) is 3.37. The van der Waals surface area contributed by atoms with E-state index in [1.54, 1.807) is 0 Å². The van der Waals surface area contributed by atoms with E-state index < -0.39 is 0 Å². The molecule has 0 spiro atoms. The summed E-state index contributed by atoms with van der Waals surface area (Å²) in [6.07, 6.45) is 6.60. The van der Waals surface area contributed by atoms with Gasteiger partial charge in [0.25, 0.3) is 0 Å². The van der Waals surface area contributed by atoms with Crippen LogP contribution in [0, 0.1) is 5.92 Å². The van der Waals surface area contributed by atoms with E-state index in [9.17, 15) is 0 Å². The summed E-state index contributed by atoms with van der Waals surface area (Å²) in [6, 6.07) is 9.11. The second-order valence-corrected chi connectivity index (χ2v) is 6.43. The van der Waals surface area contributed by atoms with Gasteiger partial charge in [0, 0.05) is 38.5 Å². The van der Waals surface area contributed by atoms with Gasteiger partial charge in [0.1, 0.15) is 0 Å². The maximum atomic E-state index is 5.52. The summed E-state index contributed by atoms with van der Waals surface area (Å²) in [5.74, 6) is 0.700. The van der Waals surface area contributed by atoms with Crippen LogP contribution < -0.4 is 10.2 Å². The average molecular weight is 288 g/mol. The SMILES string of the molecule is c1cc(N2CCCCC2)ccc1CNCC1CCCOC1. The van der Waals surface area contributed by atoms with Crippen LogP contribution in [0.3, 0.4) is 0 Å². The van der Waals surface area contributed by atoms with Crippen molar-refractivity contribution in [2.75, 3.05) is 37.7 Å². The van der Waals surface area contributed by atoms with Crippen molar-refractivity contribution in [3.05, 3.63) is 29.8 Å². The molecule has 2 aliphatic heterocycles. The highest BCUT2D eigenvalue weighted by molar-refractivity contribution is 5.47. The number of hydrogen-bond acceptors (Lipinski definition) is 3. The van der Waals surface area contributed by atoms with Crippen molar-refractivity contribution in [2.24, 2.45) is 5.92 Å². The van der Waals surface area contributed by atoms with Crippen LogP contribution in [0.25, 0.3) is 0 Å². The highest BCUT2D eigenvalue weighted by atomic mass is 16.5. The minimum atomic E-state index is 0.700. The second-order valence-electron chi connectivity index (χ2n) is 6.43. The molecule has 2 saturated heterocycles. The Morgan fingerprint density at radius 2 is 1.86 bits per heavy atom. The molecule has 0 amide bonds. The van der Waals surface area contributed by atoms with E-state index >= 15 is 0 Å². The predicted octanol–water partition coefficient (Wildman–Crippen LogP) is 3.19. The molecule has 1 N–H and O–H groups in total. The summed E-state index contributed by atoms with van der Waals surface area (Å²) in [5.41, 5.74) is 2.77. The highest BCUT2D eigenvalue weighted by Gasteiger charge is 2.13. The van der Waals surface area contributed by atoms with E-state index in [1.165, 1.54) is 56.4 Å². The van der Waals surface area contributed by atoms with Gasteiger partial charge in [0.05, 0.1) is 6.61 Å². The third kappa shape index (κ3) is 4.45. The molecule has 1 aromatic carbocycles. The van der Waals surface area contributed by atoms with Crippen molar-refractivity contribution in [1.29, 1.82) is 0 Å². The number of piperidine rings is 1. The molecule has 2 fully saturated rings. The van der Waals surface area contributed by atoms with Crippen LogP contribution >= 0.6 is 0 Å². The Kier molecular flexibility index (Phi) is 5.53. The van der Waals surface area contributed by atoms with E-state index in [0.29, 0.717) is 5.92 Å². The van der Waals surface area contributed by atoms with Crippen molar-refractivity contribution in [2.45, 2.75) is 38.6 Å². The molecule has 2 heterocycles. The van der Waals surface area contributed by atoms with Crippen LogP contribution in [0.5, 0.6) is 0 Å². The first kappa shape index (κ1) is 14.9. The van der Waals surface area contributed by atoms with Gasteiger partial charge in [-0.3, -0.25) is 0 Å². The lowest BCUT2D eigenvalue weighted by atomic mass is 10.0. The Balaban J connectivity index is 1.43. The molecular weight excluding hydrogens is 260 g/mol. The molecule has 0 aromatic heterocycles. The van der Waals surface area contributed by atoms with Crippen LogP contribution in [0.1, 0.15) is 37.7 Å². The van der Waals surface area contributed by atoms with Gasteiger partial charge < -0.3 is 15.0 Å². The van der Waals surface area contributed by atoms with Gasteiger partial charge in [-0.05, 0) is 55.7 Å². The molecule has 3 heteroatoms. The first-order valence-corrected chi connectivity index (χ1v) is 8.54. The first-order valence-electron chi connectivity index (χ1n) is 8.54. The minimum Gasteiger partial charge on any atom is -0.381 e. The van der Waals surface area contributed by atoms with Gasteiger partial charge in [0.2, 0.25) is 0 Å². The van der Waals surface area contributed by atoms with Crippen molar-refractivity contribution < 1.29 is 4.74 Å². The number of ether oxygens (including phenoxy) is 1. The summed E-state index contributed by atoms with van der Waals surface area (Å²) < 4.78 is 5.52. The van der Waals surface area contributed by atoms with Crippen LogP contribution in [0.15, 0.2) is 24.3 Å². The lowest BCUT2D eigenvalue weighted by Crippen LogP contribution is -2.29. The Bertz CT molecular complexity index is 406. The molecule has 1 aromatic rings. The fraction of sp³-hybridized carbons (Fsp3) is 0.667. The Labute approximate surface area is 128 Å². The molecule has 21 heavy (non-hydrogen) atoms. The van der Waals surface area contributed by atoms with Crippen molar-refractivity contribution in [1.82, 2.24) is 5.32 Å². The van der Waals surface area contributed by atoms with E-state index in [1.807, 2.05) is 0 Å². The quantitative estimate of drug-likeness (QED) is 0.900. The molecule has 1 unspecified atom stereocenters. The number of anilines is 1. The van der Waals surface area contributed by atoms with Gasteiger partial charge in [-0.15, -0.1) is 0 Å². The molecule has 0 radical (unpaired) electrons. The molecule has 1 atom stereocenters. The van der Waals surface area contributed by atoms with Crippen LogP contribution in [-0.4, -0.2) is 32.8 Å². The summed E-state index contributed by atoms with van der Waals surface area (Å²) >= 11 is 0. The Hall–Kier alpha value is -1.06. The summed E-state index contributed by atoms with van der Waals surface area (Å²) in [6.45, 7) is 6.37. The minimum absolute atomic E-state index is 0.700. The lowest BCUT2D eigenvalue weighted by molar-refractivity contribution is 0.0547. The maximum absolute atomic E-state index is 5.52. The van der Waals surface area contributed by atoms with Crippen LogP contribution in [-0.2, 0) is 11.3 Å². The molecule has 0 bridgehead atoms. The van der Waals surface area contributed by atoms with Gasteiger partial charge in [-0.2, -0.15) is 0 Å². The molecule has 116 valence electrons. The summed E-state index contributed by atoms with van der Waals surface area (Å²) in [4.78, 5) is 2.51. The van der Waals surface area contributed by atoms with Gasteiger partial charge in [-0.25, -0.2) is 0 Å². The zero-order valence-electron chi connectivity index (χ0n) is 13.0.